The van der Waals surface area contributed by atoms with Crippen LogP contribution in [0.2, 0.25) is 5.02 Å². The molecule has 1 unspecified atom stereocenters. The van der Waals surface area contributed by atoms with Crippen LogP contribution in [0.25, 0.3) is 4.85 Å². The quantitative estimate of drug-likeness (QED) is 0.716. The molecule has 0 aliphatic rings. The molecule has 0 spiro atoms. The third-order valence-corrected chi connectivity index (χ3v) is 2.15. The Hall–Kier alpha value is -1.41. The molecule has 0 bridgehead atoms. The second-order valence-corrected chi connectivity index (χ2v) is 3.45. The molecule has 0 N–H and O–H groups in total. The van der Waals surface area contributed by atoms with Crippen molar-refractivity contribution in [3.8, 4) is 5.75 Å². The van der Waals surface area contributed by atoms with Crippen LogP contribution in [-0.2, 0) is 0 Å². The number of hydrogen-bond donors (Lipinski definition) is 0. The van der Waals surface area contributed by atoms with E-state index in [1.807, 2.05) is 0 Å². The van der Waals surface area contributed by atoms with Gasteiger partial charge in [0.2, 0.25) is 6.04 Å². The Labute approximate surface area is 95.4 Å². The zero-order valence-electron chi connectivity index (χ0n) is 8.18. The van der Waals surface area contributed by atoms with E-state index in [0.29, 0.717) is 5.56 Å². The molecule has 1 rings (SSSR count). The lowest BCUT2D eigenvalue weighted by Gasteiger charge is -2.11. The zero-order chi connectivity index (χ0) is 12.3. The smallest absolute Gasteiger partial charge is 0.404 e. The molecule has 1 aromatic rings. The average molecular weight is 250 g/mol. The third kappa shape index (κ3) is 3.31. The average Bonchev–Trinajstić information content (AvgIpc) is 2.18. The summed E-state index contributed by atoms with van der Waals surface area (Å²) in [4.78, 5) is 3.23. The fourth-order valence-corrected chi connectivity index (χ4v) is 1.29. The predicted octanol–water partition coefficient (Wildman–Crippen LogP) is 4.22. The third-order valence-electron chi connectivity index (χ3n) is 1.86. The van der Waals surface area contributed by atoms with Crippen molar-refractivity contribution in [2.45, 2.75) is 19.3 Å². The van der Waals surface area contributed by atoms with E-state index in [4.69, 9.17) is 18.2 Å². The van der Waals surface area contributed by atoms with Crippen molar-refractivity contribution in [3.05, 3.63) is 40.2 Å². The minimum absolute atomic E-state index is 0.162. The Morgan fingerprint density at radius 1 is 1.44 bits per heavy atom. The number of halogens is 4. The molecule has 0 amide bonds. The molecule has 0 aliphatic heterocycles. The Bertz CT molecular complexity index is 425. The van der Waals surface area contributed by atoms with Gasteiger partial charge < -0.3 is 9.58 Å². The Morgan fingerprint density at radius 2 is 2.06 bits per heavy atom. The van der Waals surface area contributed by atoms with Crippen molar-refractivity contribution in [1.29, 1.82) is 0 Å². The topological polar surface area (TPSA) is 13.6 Å². The summed E-state index contributed by atoms with van der Waals surface area (Å²) in [5.41, 5.74) is 0.550. The Morgan fingerprint density at radius 3 is 2.50 bits per heavy atom. The van der Waals surface area contributed by atoms with Gasteiger partial charge in [0, 0.05) is 12.5 Å². The molecule has 86 valence electrons. The lowest BCUT2D eigenvalue weighted by atomic mass is 10.1. The van der Waals surface area contributed by atoms with E-state index >= 15 is 0 Å². The Kier molecular flexibility index (Phi) is 3.66. The van der Waals surface area contributed by atoms with Crippen molar-refractivity contribution in [3.63, 3.8) is 0 Å². The molecule has 0 heterocycles. The first-order chi connectivity index (χ1) is 7.33. The first kappa shape index (κ1) is 12.7. The highest BCUT2D eigenvalue weighted by atomic mass is 35.5. The largest absolute Gasteiger partial charge is 0.573 e. The van der Waals surface area contributed by atoms with Crippen LogP contribution in [0.15, 0.2) is 18.2 Å². The van der Waals surface area contributed by atoms with Crippen molar-refractivity contribution >= 4 is 11.6 Å². The van der Waals surface area contributed by atoms with Gasteiger partial charge in [-0.2, -0.15) is 0 Å². The van der Waals surface area contributed by atoms with Gasteiger partial charge in [0.05, 0.1) is 5.02 Å². The summed E-state index contributed by atoms with van der Waals surface area (Å²) in [7, 11) is 0. The summed E-state index contributed by atoms with van der Waals surface area (Å²) in [5.74, 6) is -0.463. The van der Waals surface area contributed by atoms with E-state index < -0.39 is 18.2 Å². The van der Waals surface area contributed by atoms with Crippen molar-refractivity contribution in [2.24, 2.45) is 0 Å². The monoisotopic (exact) mass is 249 g/mol. The van der Waals surface area contributed by atoms with Crippen LogP contribution in [0.4, 0.5) is 13.2 Å². The normalized spacial score (nSPS) is 13.0. The molecule has 16 heavy (non-hydrogen) atoms. The minimum atomic E-state index is -4.77. The molecule has 0 fully saturated rings. The second-order valence-electron chi connectivity index (χ2n) is 3.04. The highest BCUT2D eigenvalue weighted by molar-refractivity contribution is 6.32. The number of ether oxygens (including phenoxy) is 1. The lowest BCUT2D eigenvalue weighted by molar-refractivity contribution is -0.274. The van der Waals surface area contributed by atoms with Crippen LogP contribution in [0.3, 0.4) is 0 Å². The van der Waals surface area contributed by atoms with Crippen molar-refractivity contribution in [2.75, 3.05) is 0 Å². The summed E-state index contributed by atoms with van der Waals surface area (Å²) < 4.78 is 39.4. The molecule has 0 aromatic heterocycles. The second kappa shape index (κ2) is 4.62. The lowest BCUT2D eigenvalue weighted by Crippen LogP contribution is -2.17. The van der Waals surface area contributed by atoms with E-state index in [1.165, 1.54) is 12.1 Å². The Balaban J connectivity index is 2.97. The number of nitrogens with zero attached hydrogens (tertiary/aromatic N) is 1. The van der Waals surface area contributed by atoms with Gasteiger partial charge in [0.25, 0.3) is 0 Å². The van der Waals surface area contributed by atoms with Gasteiger partial charge in [-0.3, -0.25) is 0 Å². The molecule has 0 aliphatic carbocycles. The van der Waals surface area contributed by atoms with Gasteiger partial charge in [-0.15, -0.1) is 13.2 Å². The summed E-state index contributed by atoms with van der Waals surface area (Å²) in [5, 5.41) is -0.162. The molecule has 0 saturated heterocycles. The zero-order valence-corrected chi connectivity index (χ0v) is 8.93. The maximum Gasteiger partial charge on any atom is 0.573 e. The molecule has 1 atom stereocenters. The molecule has 0 radical (unpaired) electrons. The molecule has 0 saturated carbocycles. The van der Waals surface area contributed by atoms with Gasteiger partial charge >= 0.3 is 6.36 Å². The maximum absolute atomic E-state index is 11.9. The van der Waals surface area contributed by atoms with Gasteiger partial charge in [-0.05, 0) is 18.2 Å². The van der Waals surface area contributed by atoms with Crippen molar-refractivity contribution in [1.82, 2.24) is 0 Å². The number of alkyl halides is 3. The van der Waals surface area contributed by atoms with Crippen LogP contribution < -0.4 is 4.74 Å². The summed E-state index contributed by atoms with van der Waals surface area (Å²) in [6.45, 7) is 8.41. The molecular formula is C10H7ClF3NO. The van der Waals surface area contributed by atoms with E-state index in [2.05, 4.69) is 9.58 Å². The van der Waals surface area contributed by atoms with E-state index in [9.17, 15) is 13.2 Å². The summed E-state index contributed by atoms with van der Waals surface area (Å²) in [6, 6.07) is 3.34. The standard InChI is InChI=1S/C10H7ClF3NO/c1-6(15-2)7-3-4-9(8(11)5-7)16-10(12,13)14/h3-6H,1H3. The van der Waals surface area contributed by atoms with Crippen LogP contribution in [0.1, 0.15) is 18.5 Å². The summed E-state index contributed by atoms with van der Waals surface area (Å²) >= 11 is 5.61. The van der Waals surface area contributed by atoms with Crippen LogP contribution in [-0.4, -0.2) is 6.36 Å². The summed E-state index contributed by atoms with van der Waals surface area (Å²) in [6.07, 6.45) is -4.77. The number of hydrogen-bond acceptors (Lipinski definition) is 1. The van der Waals surface area contributed by atoms with Crippen molar-refractivity contribution < 1.29 is 17.9 Å². The first-order valence-electron chi connectivity index (χ1n) is 4.25. The van der Waals surface area contributed by atoms with Gasteiger partial charge in [-0.1, -0.05) is 11.6 Å². The fraction of sp³-hybridized carbons (Fsp3) is 0.300. The highest BCUT2D eigenvalue weighted by Gasteiger charge is 2.32. The first-order valence-corrected chi connectivity index (χ1v) is 4.63. The molecule has 2 nitrogen and oxygen atoms in total. The molecule has 6 heteroatoms. The minimum Gasteiger partial charge on any atom is -0.404 e. The van der Waals surface area contributed by atoms with Crippen LogP contribution >= 0.6 is 11.6 Å². The maximum atomic E-state index is 11.9. The van der Waals surface area contributed by atoms with Crippen LogP contribution in [0.5, 0.6) is 5.75 Å². The SMILES string of the molecule is [C-]#[N+]C(C)c1ccc(OC(F)(F)F)c(Cl)c1. The number of benzene rings is 1. The van der Waals surface area contributed by atoms with Gasteiger partial charge in [-0.25, -0.2) is 6.57 Å². The molecular weight excluding hydrogens is 243 g/mol. The van der Waals surface area contributed by atoms with E-state index in [1.54, 1.807) is 6.92 Å². The van der Waals surface area contributed by atoms with Crippen LogP contribution in [0, 0.1) is 6.57 Å². The predicted molar refractivity (Wildman–Crippen MR) is 53.2 cm³/mol. The van der Waals surface area contributed by atoms with Gasteiger partial charge in [0.15, 0.2) is 0 Å². The number of rotatable bonds is 2. The van der Waals surface area contributed by atoms with E-state index in [-0.39, 0.29) is 5.02 Å². The molecule has 1 aromatic carbocycles. The van der Waals surface area contributed by atoms with E-state index in [0.717, 1.165) is 6.07 Å². The fourth-order valence-electron chi connectivity index (χ4n) is 1.06. The van der Waals surface area contributed by atoms with Gasteiger partial charge in [0.1, 0.15) is 5.75 Å². The highest BCUT2D eigenvalue weighted by Crippen LogP contribution is 2.32.